The zero-order chi connectivity index (χ0) is 19.3. The highest BCUT2D eigenvalue weighted by molar-refractivity contribution is 5.90. The van der Waals surface area contributed by atoms with Crippen LogP contribution < -0.4 is 10.2 Å². The number of rotatable bonds is 5. The van der Waals surface area contributed by atoms with Gasteiger partial charge in [0, 0.05) is 30.4 Å². The number of hydrogen-bond donors (Lipinski definition) is 1. The molecule has 6 heteroatoms. The van der Waals surface area contributed by atoms with Crippen LogP contribution in [-0.2, 0) is 4.74 Å². The molecule has 1 fully saturated rings. The molecule has 2 heterocycles. The van der Waals surface area contributed by atoms with Gasteiger partial charge >= 0.3 is 5.97 Å². The average Bonchev–Trinajstić information content (AvgIpc) is 3.29. The van der Waals surface area contributed by atoms with E-state index in [2.05, 4.69) is 10.2 Å². The number of ether oxygens (including phenoxy) is 1. The zero-order valence-corrected chi connectivity index (χ0v) is 15.8. The second kappa shape index (κ2) is 8.08. The first-order valence-electron chi connectivity index (χ1n) is 9.38. The number of methoxy groups -OCH3 is 1. The molecule has 1 N–H and O–H groups in total. The van der Waals surface area contributed by atoms with E-state index < -0.39 is 0 Å². The first-order chi connectivity index (χ1) is 13.7. The molecule has 0 saturated carbocycles. The number of carbonyl (C=O) groups excluding carboxylic acids is 1. The number of nitrogens with zero attached hydrogens (tertiary/aromatic N) is 3. The van der Waals surface area contributed by atoms with Crippen LogP contribution in [0.1, 0.15) is 23.2 Å². The van der Waals surface area contributed by atoms with Gasteiger partial charge in [-0.2, -0.15) is 4.98 Å². The van der Waals surface area contributed by atoms with Crippen molar-refractivity contribution in [3.63, 3.8) is 0 Å². The molecule has 2 aromatic carbocycles. The molecule has 4 rings (SSSR count). The van der Waals surface area contributed by atoms with Gasteiger partial charge in [-0.1, -0.05) is 36.4 Å². The maximum absolute atomic E-state index is 11.8. The molecule has 1 aromatic heterocycles. The standard InChI is InChI=1S/C22H22N4O2/c1-28-21(27)17-10-7-11-18(14-17)23-22-24-19(16-8-3-2-4-9-16)15-20(25-22)26-12-5-6-13-26/h2-4,7-11,14-15H,5-6,12-13H2,1H3,(H,23,24,25). The van der Waals surface area contributed by atoms with Crippen LogP contribution in [0.3, 0.4) is 0 Å². The van der Waals surface area contributed by atoms with Crippen molar-refractivity contribution in [1.82, 2.24) is 9.97 Å². The summed E-state index contributed by atoms with van der Waals surface area (Å²) in [7, 11) is 1.37. The Hall–Kier alpha value is -3.41. The lowest BCUT2D eigenvalue weighted by Crippen LogP contribution is -2.19. The molecule has 0 radical (unpaired) electrons. The summed E-state index contributed by atoms with van der Waals surface area (Å²) < 4.78 is 4.80. The summed E-state index contributed by atoms with van der Waals surface area (Å²) in [6.45, 7) is 2.00. The summed E-state index contributed by atoms with van der Waals surface area (Å²) in [6.07, 6.45) is 2.35. The van der Waals surface area contributed by atoms with Crippen molar-refractivity contribution in [2.45, 2.75) is 12.8 Å². The van der Waals surface area contributed by atoms with E-state index in [0.717, 1.165) is 35.9 Å². The first kappa shape index (κ1) is 18.0. The van der Waals surface area contributed by atoms with Crippen LogP contribution in [0.15, 0.2) is 60.7 Å². The zero-order valence-electron chi connectivity index (χ0n) is 15.8. The van der Waals surface area contributed by atoms with E-state index in [0.29, 0.717) is 11.5 Å². The van der Waals surface area contributed by atoms with Crippen molar-refractivity contribution >= 4 is 23.4 Å². The first-order valence-corrected chi connectivity index (χ1v) is 9.38. The van der Waals surface area contributed by atoms with E-state index in [1.165, 1.54) is 20.0 Å². The molecule has 3 aromatic rings. The minimum atomic E-state index is -0.375. The summed E-state index contributed by atoms with van der Waals surface area (Å²) in [4.78, 5) is 23.5. The molecule has 1 aliphatic heterocycles. The Morgan fingerprint density at radius 1 is 1.00 bits per heavy atom. The predicted molar refractivity (Wildman–Crippen MR) is 110 cm³/mol. The van der Waals surface area contributed by atoms with E-state index in [4.69, 9.17) is 14.7 Å². The fraction of sp³-hybridized carbons (Fsp3) is 0.227. The molecule has 0 amide bonds. The van der Waals surface area contributed by atoms with Crippen LogP contribution in [0.25, 0.3) is 11.3 Å². The highest BCUT2D eigenvalue weighted by atomic mass is 16.5. The Bertz CT molecular complexity index is 969. The summed E-state index contributed by atoms with van der Waals surface area (Å²) in [5.74, 6) is 1.05. The van der Waals surface area contributed by atoms with Gasteiger partial charge < -0.3 is 15.0 Å². The monoisotopic (exact) mass is 374 g/mol. The predicted octanol–water partition coefficient (Wildman–Crippen LogP) is 4.27. The number of aromatic nitrogens is 2. The molecule has 28 heavy (non-hydrogen) atoms. The van der Waals surface area contributed by atoms with Crippen LogP contribution in [0.5, 0.6) is 0 Å². The number of anilines is 3. The largest absolute Gasteiger partial charge is 0.465 e. The quantitative estimate of drug-likeness (QED) is 0.673. The summed E-state index contributed by atoms with van der Waals surface area (Å²) in [5, 5.41) is 3.24. The third-order valence-corrected chi connectivity index (χ3v) is 4.75. The maximum Gasteiger partial charge on any atom is 0.337 e. The summed E-state index contributed by atoms with van der Waals surface area (Å²) in [6, 6.07) is 19.2. The molecule has 1 saturated heterocycles. The Morgan fingerprint density at radius 2 is 1.79 bits per heavy atom. The second-order valence-corrected chi connectivity index (χ2v) is 6.69. The van der Waals surface area contributed by atoms with Crippen molar-refractivity contribution in [2.24, 2.45) is 0 Å². The summed E-state index contributed by atoms with van der Waals surface area (Å²) in [5.41, 5.74) is 3.12. The molecule has 0 spiro atoms. The van der Waals surface area contributed by atoms with E-state index in [1.54, 1.807) is 18.2 Å². The third-order valence-electron chi connectivity index (χ3n) is 4.75. The molecule has 0 atom stereocenters. The van der Waals surface area contributed by atoms with Gasteiger partial charge in [0.2, 0.25) is 5.95 Å². The molecule has 6 nitrogen and oxygen atoms in total. The number of carbonyl (C=O) groups is 1. The average molecular weight is 374 g/mol. The van der Waals surface area contributed by atoms with Crippen LogP contribution in [0.2, 0.25) is 0 Å². The van der Waals surface area contributed by atoms with Crippen LogP contribution in [0, 0.1) is 0 Å². The van der Waals surface area contributed by atoms with Gasteiger partial charge in [-0.25, -0.2) is 9.78 Å². The van der Waals surface area contributed by atoms with Crippen LogP contribution >= 0.6 is 0 Å². The normalized spacial score (nSPS) is 13.4. The van der Waals surface area contributed by atoms with E-state index >= 15 is 0 Å². The number of esters is 1. The van der Waals surface area contributed by atoms with Crippen molar-refractivity contribution in [3.8, 4) is 11.3 Å². The van der Waals surface area contributed by atoms with Crippen molar-refractivity contribution in [1.29, 1.82) is 0 Å². The third kappa shape index (κ3) is 3.96. The van der Waals surface area contributed by atoms with E-state index in [-0.39, 0.29) is 5.97 Å². The van der Waals surface area contributed by atoms with E-state index in [1.807, 2.05) is 42.5 Å². The Morgan fingerprint density at radius 3 is 2.54 bits per heavy atom. The molecular formula is C22H22N4O2. The lowest BCUT2D eigenvalue weighted by atomic mass is 10.1. The lowest BCUT2D eigenvalue weighted by molar-refractivity contribution is 0.0601. The second-order valence-electron chi connectivity index (χ2n) is 6.69. The van der Waals surface area contributed by atoms with Gasteiger partial charge in [-0.05, 0) is 31.0 Å². The topological polar surface area (TPSA) is 67.3 Å². The fourth-order valence-electron chi connectivity index (χ4n) is 3.33. The molecule has 1 aliphatic rings. The van der Waals surface area contributed by atoms with Gasteiger partial charge in [0.15, 0.2) is 0 Å². The molecular weight excluding hydrogens is 352 g/mol. The van der Waals surface area contributed by atoms with Gasteiger partial charge in [0.1, 0.15) is 5.82 Å². The molecule has 0 unspecified atom stereocenters. The number of benzene rings is 2. The minimum Gasteiger partial charge on any atom is -0.465 e. The lowest BCUT2D eigenvalue weighted by Gasteiger charge is -2.18. The van der Waals surface area contributed by atoms with Crippen molar-refractivity contribution < 1.29 is 9.53 Å². The minimum absolute atomic E-state index is 0.375. The van der Waals surface area contributed by atoms with Crippen LogP contribution in [-0.4, -0.2) is 36.1 Å². The smallest absolute Gasteiger partial charge is 0.337 e. The number of nitrogens with one attached hydrogen (secondary N) is 1. The Balaban J connectivity index is 1.70. The molecule has 0 bridgehead atoms. The SMILES string of the molecule is COC(=O)c1cccc(Nc2nc(-c3ccccc3)cc(N3CCCC3)n2)c1. The van der Waals surface area contributed by atoms with Gasteiger partial charge in [-0.3, -0.25) is 0 Å². The van der Waals surface area contributed by atoms with Crippen LogP contribution in [0.4, 0.5) is 17.5 Å². The highest BCUT2D eigenvalue weighted by Crippen LogP contribution is 2.27. The van der Waals surface area contributed by atoms with Gasteiger partial charge in [0.05, 0.1) is 18.4 Å². The van der Waals surface area contributed by atoms with Crippen molar-refractivity contribution in [2.75, 3.05) is 30.4 Å². The Labute approximate surface area is 164 Å². The maximum atomic E-state index is 11.8. The van der Waals surface area contributed by atoms with Gasteiger partial charge in [0.25, 0.3) is 0 Å². The molecule has 0 aliphatic carbocycles. The summed E-state index contributed by atoms with van der Waals surface area (Å²) >= 11 is 0. The Kier molecular flexibility index (Phi) is 5.19. The van der Waals surface area contributed by atoms with E-state index in [9.17, 15) is 4.79 Å². The van der Waals surface area contributed by atoms with Crippen molar-refractivity contribution in [3.05, 3.63) is 66.2 Å². The highest BCUT2D eigenvalue weighted by Gasteiger charge is 2.17. The molecule has 142 valence electrons. The fourth-order valence-corrected chi connectivity index (χ4v) is 3.33. The number of hydrogen-bond acceptors (Lipinski definition) is 6. The van der Waals surface area contributed by atoms with Gasteiger partial charge in [-0.15, -0.1) is 0 Å².